The number of ether oxygens (including phenoxy) is 2. The van der Waals surface area contributed by atoms with E-state index in [-0.39, 0.29) is 0 Å². The minimum atomic E-state index is -5.34. The highest BCUT2D eigenvalue weighted by atomic mass is 35.5. The van der Waals surface area contributed by atoms with Crippen LogP contribution in [0.3, 0.4) is 0 Å². The number of rotatable bonds is 5. The van der Waals surface area contributed by atoms with Gasteiger partial charge in [-0.3, -0.25) is 0 Å². The molecule has 182 valence electrons. The number of alkyl halides is 7. The molecule has 0 aromatic heterocycles. The number of benzene rings is 1. The minimum absolute atomic E-state index is 0.472. The molecule has 0 amide bonds. The summed E-state index contributed by atoms with van der Waals surface area (Å²) in [6.07, 6.45) is -10.4. The van der Waals surface area contributed by atoms with E-state index >= 15 is 0 Å². The van der Waals surface area contributed by atoms with Crippen molar-refractivity contribution in [3.63, 3.8) is 0 Å². The van der Waals surface area contributed by atoms with Crippen LogP contribution < -0.4 is 5.32 Å². The van der Waals surface area contributed by atoms with Crippen molar-refractivity contribution in [2.75, 3.05) is 20.4 Å². The Bertz CT molecular complexity index is 1030. The Hall–Kier alpha value is -2.83. The topological polar surface area (TPSA) is 64.6 Å². The molecule has 33 heavy (non-hydrogen) atoms. The molecule has 5 nitrogen and oxygen atoms in total. The Balaban J connectivity index is 2.90. The first-order valence-electron chi connectivity index (χ1n) is 8.78. The Morgan fingerprint density at radius 2 is 1.70 bits per heavy atom. The van der Waals surface area contributed by atoms with Gasteiger partial charge >= 0.3 is 24.3 Å². The van der Waals surface area contributed by atoms with Gasteiger partial charge in [-0.05, 0) is 19.1 Å². The van der Waals surface area contributed by atoms with Crippen molar-refractivity contribution < 1.29 is 54.2 Å². The van der Waals surface area contributed by atoms with Gasteiger partial charge < -0.3 is 14.8 Å². The third-order valence-corrected chi connectivity index (χ3v) is 4.80. The molecular weight excluding hydrogens is 494 g/mol. The summed E-state index contributed by atoms with van der Waals surface area (Å²) in [5.41, 5.74) is -6.34. The summed E-state index contributed by atoms with van der Waals surface area (Å²) in [6.45, 7) is -2.64. The smallest absolute Gasteiger partial charge is 0.422 e. The first-order valence-corrected chi connectivity index (χ1v) is 9.15. The van der Waals surface area contributed by atoms with Crippen molar-refractivity contribution in [1.29, 1.82) is 0 Å². The standard InChI is InChI=1S/C19H14ClF8NO4/c1-7-11(17(31)33-6-18(23,24)25)14(13(16(30)32-2)10(5-21)29-7)12-9(22)4-3-8(20)15(12)19(26,27)28/h3-4,14,29H,5-6H2,1-2H3. The molecule has 1 aliphatic rings. The van der Waals surface area contributed by atoms with E-state index in [0.29, 0.717) is 12.1 Å². The summed E-state index contributed by atoms with van der Waals surface area (Å²) >= 11 is 5.63. The molecule has 1 unspecified atom stereocenters. The number of esters is 2. The Morgan fingerprint density at radius 1 is 1.09 bits per heavy atom. The van der Waals surface area contributed by atoms with E-state index in [1.807, 2.05) is 0 Å². The van der Waals surface area contributed by atoms with Crippen molar-refractivity contribution in [3.05, 3.63) is 56.6 Å². The van der Waals surface area contributed by atoms with Crippen molar-refractivity contribution in [2.24, 2.45) is 0 Å². The molecular formula is C19H14ClF8NO4. The fraction of sp³-hybridized carbons (Fsp3) is 0.368. The summed E-state index contributed by atoms with van der Waals surface area (Å²) in [7, 11) is 0.772. The van der Waals surface area contributed by atoms with Crippen LogP contribution in [0.4, 0.5) is 35.1 Å². The van der Waals surface area contributed by atoms with Crippen molar-refractivity contribution in [2.45, 2.75) is 25.2 Å². The highest BCUT2D eigenvalue weighted by Crippen LogP contribution is 2.47. The summed E-state index contributed by atoms with van der Waals surface area (Å²) in [6, 6.07) is 1.05. The Labute approximate surface area is 186 Å². The number of hydrogen-bond donors (Lipinski definition) is 1. The zero-order valence-corrected chi connectivity index (χ0v) is 17.4. The van der Waals surface area contributed by atoms with Gasteiger partial charge in [-0.25, -0.2) is 18.4 Å². The van der Waals surface area contributed by atoms with Crippen molar-refractivity contribution in [1.82, 2.24) is 5.32 Å². The molecule has 1 heterocycles. The van der Waals surface area contributed by atoms with E-state index in [0.717, 1.165) is 14.0 Å². The van der Waals surface area contributed by atoms with Crippen LogP contribution in [0.5, 0.6) is 0 Å². The van der Waals surface area contributed by atoms with Crippen molar-refractivity contribution in [3.8, 4) is 0 Å². The molecule has 0 fully saturated rings. The molecule has 1 aromatic carbocycles. The zero-order valence-electron chi connectivity index (χ0n) is 16.7. The maximum atomic E-state index is 14.9. The largest absolute Gasteiger partial charge is 0.466 e. The lowest BCUT2D eigenvalue weighted by molar-refractivity contribution is -0.183. The number of dihydropyridines is 1. The number of methoxy groups -OCH3 is 1. The molecule has 1 N–H and O–H groups in total. The molecule has 0 spiro atoms. The first kappa shape index (κ1) is 26.4. The van der Waals surface area contributed by atoms with E-state index in [9.17, 15) is 44.7 Å². The van der Waals surface area contributed by atoms with Gasteiger partial charge in [0.15, 0.2) is 6.61 Å². The molecule has 0 saturated heterocycles. The number of allylic oxidation sites excluding steroid dienone is 2. The van der Waals surface area contributed by atoms with Crippen molar-refractivity contribution >= 4 is 23.5 Å². The maximum absolute atomic E-state index is 14.9. The maximum Gasteiger partial charge on any atom is 0.422 e. The van der Waals surface area contributed by atoms with Crippen LogP contribution in [-0.2, 0) is 25.2 Å². The molecule has 2 rings (SSSR count). The second kappa shape index (κ2) is 9.57. The molecule has 0 bridgehead atoms. The van der Waals surface area contributed by atoms with E-state index in [2.05, 4.69) is 14.8 Å². The van der Waals surface area contributed by atoms with Gasteiger partial charge in [0.2, 0.25) is 0 Å². The van der Waals surface area contributed by atoms with Gasteiger partial charge in [0.1, 0.15) is 12.5 Å². The van der Waals surface area contributed by atoms with Gasteiger partial charge in [0.25, 0.3) is 0 Å². The van der Waals surface area contributed by atoms with E-state index < -0.39 is 88.0 Å². The number of carbonyl (C=O) groups excluding carboxylic acids is 2. The van der Waals surface area contributed by atoms with E-state index in [1.165, 1.54) is 0 Å². The highest BCUT2D eigenvalue weighted by Gasteiger charge is 2.47. The minimum Gasteiger partial charge on any atom is -0.466 e. The lowest BCUT2D eigenvalue weighted by Crippen LogP contribution is -2.36. The number of nitrogens with one attached hydrogen (secondary N) is 1. The SMILES string of the molecule is COC(=O)C1=C(CF)NC(C)=C(C(=O)OCC(F)(F)F)C1c1c(F)ccc(Cl)c1C(F)(F)F. The second-order valence-electron chi connectivity index (χ2n) is 6.62. The molecule has 14 heteroatoms. The van der Waals surface area contributed by atoms with Gasteiger partial charge in [0, 0.05) is 11.3 Å². The first-order chi connectivity index (χ1) is 15.1. The van der Waals surface area contributed by atoms with Gasteiger partial charge in [-0.1, -0.05) is 11.6 Å². The molecule has 1 aromatic rings. The average molecular weight is 508 g/mol. The number of hydrogen-bond acceptors (Lipinski definition) is 5. The van der Waals surface area contributed by atoms with E-state index in [1.54, 1.807) is 0 Å². The highest BCUT2D eigenvalue weighted by molar-refractivity contribution is 6.31. The van der Waals surface area contributed by atoms with Gasteiger partial charge in [-0.2, -0.15) is 26.3 Å². The van der Waals surface area contributed by atoms with Crippen LogP contribution in [0.1, 0.15) is 24.0 Å². The van der Waals surface area contributed by atoms with Gasteiger partial charge in [0.05, 0.1) is 40.5 Å². The number of carbonyl (C=O) groups is 2. The Kier molecular flexibility index (Phi) is 7.67. The number of halogens is 9. The molecule has 1 atom stereocenters. The summed E-state index contributed by atoms with van der Waals surface area (Å²) in [5, 5.41) is 1.18. The predicted molar refractivity (Wildman–Crippen MR) is 97.0 cm³/mol. The lowest BCUT2D eigenvalue weighted by Gasteiger charge is -2.32. The summed E-state index contributed by atoms with van der Waals surface area (Å²) in [4.78, 5) is 24.9. The molecule has 1 aliphatic heterocycles. The normalized spacial score (nSPS) is 17.1. The summed E-state index contributed by atoms with van der Waals surface area (Å²) in [5.74, 6) is -7.27. The third-order valence-electron chi connectivity index (χ3n) is 4.48. The fourth-order valence-electron chi connectivity index (χ4n) is 3.28. The monoisotopic (exact) mass is 507 g/mol. The average Bonchev–Trinajstić information content (AvgIpc) is 2.70. The predicted octanol–water partition coefficient (Wildman–Crippen LogP) is 4.96. The van der Waals surface area contributed by atoms with Crippen LogP contribution in [-0.4, -0.2) is 38.5 Å². The molecule has 0 saturated carbocycles. The molecule has 0 aliphatic carbocycles. The quantitative estimate of drug-likeness (QED) is 0.451. The third kappa shape index (κ3) is 5.57. The van der Waals surface area contributed by atoms with Crippen LogP contribution in [0.15, 0.2) is 34.7 Å². The fourth-order valence-corrected chi connectivity index (χ4v) is 3.55. The van der Waals surface area contributed by atoms with Crippen LogP contribution >= 0.6 is 11.6 Å². The van der Waals surface area contributed by atoms with E-state index in [4.69, 9.17) is 11.6 Å². The lowest BCUT2D eigenvalue weighted by atomic mass is 9.78. The second-order valence-corrected chi connectivity index (χ2v) is 7.03. The van der Waals surface area contributed by atoms with Gasteiger partial charge in [-0.15, -0.1) is 0 Å². The van der Waals surface area contributed by atoms with Crippen LogP contribution in [0.25, 0.3) is 0 Å². The summed E-state index contributed by atoms with van der Waals surface area (Å²) < 4.78 is 116. The zero-order chi connectivity index (χ0) is 25.3. The molecule has 0 radical (unpaired) electrons. The van der Waals surface area contributed by atoms with Crippen LogP contribution in [0, 0.1) is 5.82 Å². The van der Waals surface area contributed by atoms with Crippen LogP contribution in [0.2, 0.25) is 5.02 Å². The Morgan fingerprint density at radius 3 is 2.18 bits per heavy atom.